The lowest BCUT2D eigenvalue weighted by Gasteiger charge is -2.19. The summed E-state index contributed by atoms with van der Waals surface area (Å²) in [6, 6.07) is 9.73. The predicted molar refractivity (Wildman–Crippen MR) is 99.2 cm³/mol. The minimum absolute atomic E-state index is 0.00991. The number of hydrogen-bond acceptors (Lipinski definition) is 6. The molecule has 0 saturated carbocycles. The minimum atomic E-state index is -4.03. The van der Waals surface area contributed by atoms with Crippen LogP contribution in [0, 0.1) is 5.82 Å². The maximum Gasteiger partial charge on any atom is 0.243 e. The molecule has 0 radical (unpaired) electrons. The summed E-state index contributed by atoms with van der Waals surface area (Å²) in [7, 11) is -2.31. The van der Waals surface area contributed by atoms with Gasteiger partial charge in [-0.15, -0.1) is 0 Å². The van der Waals surface area contributed by atoms with Gasteiger partial charge in [0.15, 0.2) is 0 Å². The molecule has 10 heteroatoms. The van der Waals surface area contributed by atoms with E-state index in [0.29, 0.717) is 11.3 Å². The summed E-state index contributed by atoms with van der Waals surface area (Å²) in [6.07, 6.45) is 3.20. The Labute approximate surface area is 158 Å². The molecule has 4 rings (SSSR count). The predicted octanol–water partition coefficient (Wildman–Crippen LogP) is 2.63. The number of nitrogens with zero attached hydrogens (tertiary/aromatic N) is 4. The van der Waals surface area contributed by atoms with Gasteiger partial charge in [-0.05, 0) is 18.2 Å². The Morgan fingerprint density at radius 1 is 1.15 bits per heavy atom. The average molecular weight is 403 g/mol. The fraction of sp³-hybridized carbons (Fsp3) is 0.118. The van der Waals surface area contributed by atoms with Gasteiger partial charge in [0.1, 0.15) is 33.6 Å². The molecule has 0 fully saturated rings. The number of halogens is 1. The third-order valence-corrected chi connectivity index (χ3v) is 6.14. The van der Waals surface area contributed by atoms with E-state index in [1.807, 2.05) is 0 Å². The summed E-state index contributed by atoms with van der Waals surface area (Å²) in [5.41, 5.74) is 0.948. The van der Waals surface area contributed by atoms with Gasteiger partial charge >= 0.3 is 0 Å². The summed E-state index contributed by atoms with van der Waals surface area (Å²) in [5, 5.41) is 0. The molecule has 0 saturated heterocycles. The molecule has 1 atom stereocenters. The van der Waals surface area contributed by atoms with E-state index in [9.17, 15) is 12.8 Å². The summed E-state index contributed by atoms with van der Waals surface area (Å²) in [4.78, 5) is 4.20. The highest BCUT2D eigenvalue weighted by atomic mass is 32.2. The van der Waals surface area contributed by atoms with Crippen LogP contribution in [0.4, 0.5) is 4.39 Å². The van der Waals surface area contributed by atoms with E-state index in [4.69, 9.17) is 0 Å². The zero-order chi connectivity index (χ0) is 19.0. The van der Waals surface area contributed by atoms with E-state index in [2.05, 4.69) is 18.5 Å². The lowest BCUT2D eigenvalue weighted by Crippen LogP contribution is -2.32. The van der Waals surface area contributed by atoms with Gasteiger partial charge in [0.25, 0.3) is 0 Å². The van der Waals surface area contributed by atoms with Crippen molar-refractivity contribution >= 4 is 32.8 Å². The molecule has 7 nitrogen and oxygen atoms in total. The standard InChI is InChI=1S/C17H14FN5O2S2/c1-23-10-9-19-17(23)15(11-5-2-3-6-12(11)18)22-27(24,25)14-8-4-7-13-16(14)21-26-20-13/h2-10,15,22H,1H3/t15-/m1/s1. The van der Waals surface area contributed by atoms with Crippen molar-refractivity contribution in [2.45, 2.75) is 10.9 Å². The van der Waals surface area contributed by atoms with Crippen LogP contribution in [0.1, 0.15) is 17.4 Å². The number of fused-ring (bicyclic) bond motifs is 1. The van der Waals surface area contributed by atoms with Crippen LogP contribution >= 0.6 is 11.7 Å². The summed E-state index contributed by atoms with van der Waals surface area (Å²) >= 11 is 0.932. The second-order valence-corrected chi connectivity index (χ2v) is 8.07. The van der Waals surface area contributed by atoms with Crippen molar-refractivity contribution in [1.29, 1.82) is 0 Å². The van der Waals surface area contributed by atoms with Crippen LogP contribution in [0.15, 0.2) is 59.8 Å². The number of aryl methyl sites for hydroxylation is 1. The van der Waals surface area contributed by atoms with Gasteiger partial charge in [0.2, 0.25) is 10.0 Å². The average Bonchev–Trinajstić information content (AvgIpc) is 3.28. The number of imidazole rings is 1. The fourth-order valence-electron chi connectivity index (χ4n) is 2.84. The first-order valence-corrected chi connectivity index (χ1v) is 10.1. The van der Waals surface area contributed by atoms with Gasteiger partial charge in [-0.25, -0.2) is 17.8 Å². The Bertz CT molecular complexity index is 1220. The molecule has 0 bridgehead atoms. The Kier molecular flexibility index (Phi) is 4.46. The zero-order valence-electron chi connectivity index (χ0n) is 14.1. The van der Waals surface area contributed by atoms with Crippen molar-refractivity contribution in [2.24, 2.45) is 7.05 Å². The molecule has 2 aromatic carbocycles. The maximum absolute atomic E-state index is 14.5. The Hall–Kier alpha value is -2.69. The molecule has 4 aromatic rings. The van der Waals surface area contributed by atoms with Crippen LogP contribution < -0.4 is 4.72 Å². The van der Waals surface area contributed by atoms with Crippen LogP contribution in [0.25, 0.3) is 11.0 Å². The number of benzene rings is 2. The number of sulfonamides is 1. The van der Waals surface area contributed by atoms with Crippen molar-refractivity contribution < 1.29 is 12.8 Å². The zero-order valence-corrected chi connectivity index (χ0v) is 15.7. The highest BCUT2D eigenvalue weighted by Gasteiger charge is 2.29. The molecule has 27 heavy (non-hydrogen) atoms. The van der Waals surface area contributed by atoms with E-state index in [0.717, 1.165) is 11.7 Å². The summed E-state index contributed by atoms with van der Waals surface area (Å²) in [6.45, 7) is 0. The highest BCUT2D eigenvalue weighted by Crippen LogP contribution is 2.27. The van der Waals surface area contributed by atoms with Gasteiger partial charge in [-0.2, -0.15) is 13.5 Å². The second kappa shape index (κ2) is 6.80. The van der Waals surface area contributed by atoms with Gasteiger partial charge < -0.3 is 4.57 Å². The van der Waals surface area contributed by atoms with E-state index in [1.165, 1.54) is 24.4 Å². The van der Waals surface area contributed by atoms with E-state index in [-0.39, 0.29) is 16.0 Å². The molecular weight excluding hydrogens is 389 g/mol. The Morgan fingerprint density at radius 3 is 2.70 bits per heavy atom. The van der Waals surface area contributed by atoms with Crippen molar-refractivity contribution in [3.63, 3.8) is 0 Å². The van der Waals surface area contributed by atoms with Gasteiger partial charge in [-0.1, -0.05) is 24.3 Å². The number of rotatable bonds is 5. The SMILES string of the molecule is Cn1ccnc1[C@H](NS(=O)(=O)c1cccc2nsnc12)c1ccccc1F. The molecule has 0 unspecified atom stereocenters. The van der Waals surface area contributed by atoms with E-state index >= 15 is 0 Å². The smallest absolute Gasteiger partial charge is 0.243 e. The van der Waals surface area contributed by atoms with Crippen LogP contribution in [0.5, 0.6) is 0 Å². The maximum atomic E-state index is 14.5. The summed E-state index contributed by atoms with van der Waals surface area (Å²) in [5.74, 6) is -0.158. The largest absolute Gasteiger partial charge is 0.336 e. The highest BCUT2D eigenvalue weighted by molar-refractivity contribution is 7.89. The fourth-order valence-corrected chi connectivity index (χ4v) is 4.78. The Morgan fingerprint density at radius 2 is 1.96 bits per heavy atom. The first-order valence-electron chi connectivity index (χ1n) is 7.92. The lowest BCUT2D eigenvalue weighted by atomic mass is 10.1. The van der Waals surface area contributed by atoms with Crippen LogP contribution in [0.3, 0.4) is 0 Å². The van der Waals surface area contributed by atoms with Gasteiger partial charge in [0, 0.05) is 25.0 Å². The molecule has 2 aromatic heterocycles. The van der Waals surface area contributed by atoms with Gasteiger partial charge in [0.05, 0.1) is 11.7 Å². The Balaban J connectivity index is 1.84. The molecule has 138 valence electrons. The topological polar surface area (TPSA) is 89.8 Å². The van der Waals surface area contributed by atoms with Crippen LogP contribution in [-0.2, 0) is 17.1 Å². The molecule has 0 aliphatic rings. The number of aromatic nitrogens is 4. The van der Waals surface area contributed by atoms with Crippen LogP contribution in [0.2, 0.25) is 0 Å². The molecule has 1 N–H and O–H groups in total. The summed E-state index contributed by atoms with van der Waals surface area (Å²) < 4.78 is 53.0. The van der Waals surface area contributed by atoms with Crippen molar-refractivity contribution in [3.05, 3.63) is 72.1 Å². The molecule has 2 heterocycles. The quantitative estimate of drug-likeness (QED) is 0.553. The third-order valence-electron chi connectivity index (χ3n) is 4.14. The normalized spacial score (nSPS) is 13.1. The molecule has 0 spiro atoms. The monoisotopic (exact) mass is 403 g/mol. The molecule has 0 aliphatic carbocycles. The van der Waals surface area contributed by atoms with Crippen LogP contribution in [-0.4, -0.2) is 26.7 Å². The lowest BCUT2D eigenvalue weighted by molar-refractivity contribution is 0.545. The van der Waals surface area contributed by atoms with Gasteiger partial charge in [-0.3, -0.25) is 0 Å². The first kappa shape index (κ1) is 17.7. The second-order valence-electron chi connectivity index (χ2n) is 5.86. The molecular formula is C17H14FN5O2S2. The van der Waals surface area contributed by atoms with E-state index < -0.39 is 21.9 Å². The minimum Gasteiger partial charge on any atom is -0.336 e. The molecule has 0 amide bonds. The van der Waals surface area contributed by atoms with Crippen molar-refractivity contribution in [1.82, 2.24) is 23.0 Å². The van der Waals surface area contributed by atoms with E-state index in [1.54, 1.807) is 42.1 Å². The van der Waals surface area contributed by atoms with Crippen molar-refractivity contribution in [3.8, 4) is 0 Å². The van der Waals surface area contributed by atoms with Crippen molar-refractivity contribution in [2.75, 3.05) is 0 Å². The number of hydrogen-bond donors (Lipinski definition) is 1. The molecule has 0 aliphatic heterocycles. The third kappa shape index (κ3) is 3.22. The number of nitrogens with one attached hydrogen (secondary N) is 1. The first-order chi connectivity index (χ1) is 13.0.